The first-order valence-electron chi connectivity index (χ1n) is 6.85. The Morgan fingerprint density at radius 2 is 2.22 bits per heavy atom. The molecule has 0 amide bonds. The Bertz CT molecular complexity index is 377. The molecule has 0 bridgehead atoms. The summed E-state index contributed by atoms with van der Waals surface area (Å²) in [7, 11) is 0. The molecule has 0 spiro atoms. The van der Waals surface area contributed by atoms with Crippen molar-refractivity contribution in [1.82, 2.24) is 5.32 Å². The summed E-state index contributed by atoms with van der Waals surface area (Å²) in [6.45, 7) is 2.38. The van der Waals surface area contributed by atoms with E-state index in [1.54, 1.807) is 12.1 Å². The third kappa shape index (κ3) is 3.30. The fourth-order valence-corrected chi connectivity index (χ4v) is 2.68. The van der Waals surface area contributed by atoms with Gasteiger partial charge in [0, 0.05) is 18.7 Å². The number of rotatable bonds is 6. The molecule has 0 aromatic heterocycles. The lowest BCUT2D eigenvalue weighted by atomic mass is 9.75. The van der Waals surface area contributed by atoms with E-state index in [4.69, 9.17) is 5.11 Å². The van der Waals surface area contributed by atoms with Crippen LogP contribution in [0.25, 0.3) is 0 Å². The van der Waals surface area contributed by atoms with Crippen LogP contribution < -0.4 is 5.32 Å². The summed E-state index contributed by atoms with van der Waals surface area (Å²) in [6.07, 6.45) is 4.01. The molecule has 2 N–H and O–H groups in total. The van der Waals surface area contributed by atoms with E-state index in [1.807, 2.05) is 6.07 Å². The molecule has 3 heteroatoms. The third-order valence-electron chi connectivity index (χ3n) is 3.90. The molecule has 1 aliphatic carbocycles. The van der Waals surface area contributed by atoms with E-state index in [0.29, 0.717) is 18.0 Å². The zero-order valence-electron chi connectivity index (χ0n) is 10.9. The predicted molar refractivity (Wildman–Crippen MR) is 71.1 cm³/mol. The summed E-state index contributed by atoms with van der Waals surface area (Å²) in [5.41, 5.74) is 1.11. The zero-order chi connectivity index (χ0) is 13.0. The number of halogens is 1. The van der Waals surface area contributed by atoms with Crippen LogP contribution >= 0.6 is 0 Å². The van der Waals surface area contributed by atoms with Crippen molar-refractivity contribution in [1.29, 1.82) is 0 Å². The van der Waals surface area contributed by atoms with Gasteiger partial charge in [-0.2, -0.15) is 0 Å². The summed E-state index contributed by atoms with van der Waals surface area (Å²) < 4.78 is 13.1. The lowest BCUT2D eigenvalue weighted by Crippen LogP contribution is -2.45. The molecular formula is C15H22FNO. The van der Waals surface area contributed by atoms with E-state index in [2.05, 4.69) is 12.2 Å². The maximum absolute atomic E-state index is 13.1. The molecule has 2 rings (SSSR count). The van der Waals surface area contributed by atoms with Crippen LogP contribution in [0.5, 0.6) is 0 Å². The Morgan fingerprint density at radius 1 is 1.44 bits per heavy atom. The zero-order valence-corrected chi connectivity index (χ0v) is 10.9. The van der Waals surface area contributed by atoms with Crippen molar-refractivity contribution < 1.29 is 9.50 Å². The maximum atomic E-state index is 13.1. The molecule has 18 heavy (non-hydrogen) atoms. The molecule has 0 radical (unpaired) electrons. The van der Waals surface area contributed by atoms with Crippen LogP contribution in [0, 0.1) is 5.82 Å². The molecule has 1 aromatic carbocycles. The summed E-state index contributed by atoms with van der Waals surface area (Å²) in [5.74, 6) is 0.348. The van der Waals surface area contributed by atoms with E-state index in [-0.39, 0.29) is 12.4 Å². The maximum Gasteiger partial charge on any atom is 0.123 e. The average Bonchev–Trinajstić information content (AvgIpc) is 2.31. The molecule has 1 unspecified atom stereocenters. The summed E-state index contributed by atoms with van der Waals surface area (Å²) in [6, 6.07) is 7.86. The van der Waals surface area contributed by atoms with Gasteiger partial charge in [0.1, 0.15) is 5.82 Å². The molecule has 0 aliphatic heterocycles. The first-order chi connectivity index (χ1) is 8.72. The molecule has 1 aromatic rings. The normalized spacial score (nSPS) is 24.6. The Labute approximate surface area is 108 Å². The van der Waals surface area contributed by atoms with Gasteiger partial charge in [-0.1, -0.05) is 19.1 Å². The van der Waals surface area contributed by atoms with Crippen molar-refractivity contribution in [3.8, 4) is 0 Å². The van der Waals surface area contributed by atoms with Crippen LogP contribution in [0.3, 0.4) is 0 Å². The van der Waals surface area contributed by atoms with E-state index in [1.165, 1.54) is 6.07 Å². The molecule has 1 saturated carbocycles. The number of aliphatic hydroxyl groups excluding tert-OH is 1. The van der Waals surface area contributed by atoms with Crippen LogP contribution in [0.1, 0.15) is 44.1 Å². The SMILES string of the molecule is CCC(CCO)NC1CC(c2cccc(F)c2)C1. The standard InChI is InChI=1S/C15H22FNO/c1-2-14(6-7-18)17-15-9-12(10-15)11-4-3-5-13(16)8-11/h3-5,8,12,14-15,17-18H,2,6-7,9-10H2,1H3. The molecule has 0 saturated heterocycles. The molecule has 0 heterocycles. The first kappa shape index (κ1) is 13.5. The number of hydrogen-bond acceptors (Lipinski definition) is 2. The average molecular weight is 251 g/mol. The van der Waals surface area contributed by atoms with Crippen molar-refractivity contribution in [2.75, 3.05) is 6.61 Å². The van der Waals surface area contributed by atoms with Crippen molar-refractivity contribution in [2.24, 2.45) is 0 Å². The second-order valence-corrected chi connectivity index (χ2v) is 5.20. The number of hydrogen-bond donors (Lipinski definition) is 2. The number of aliphatic hydroxyl groups is 1. The molecule has 1 aliphatic rings. The highest BCUT2D eigenvalue weighted by Gasteiger charge is 2.31. The van der Waals surface area contributed by atoms with E-state index in [9.17, 15) is 4.39 Å². The van der Waals surface area contributed by atoms with E-state index >= 15 is 0 Å². The van der Waals surface area contributed by atoms with Crippen molar-refractivity contribution in [2.45, 2.75) is 50.6 Å². The van der Waals surface area contributed by atoms with Crippen molar-refractivity contribution in [3.05, 3.63) is 35.6 Å². The van der Waals surface area contributed by atoms with Gasteiger partial charge in [0.05, 0.1) is 0 Å². The Morgan fingerprint density at radius 3 is 2.83 bits per heavy atom. The largest absolute Gasteiger partial charge is 0.396 e. The molecule has 1 atom stereocenters. The van der Waals surface area contributed by atoms with E-state index < -0.39 is 0 Å². The van der Waals surface area contributed by atoms with Gasteiger partial charge < -0.3 is 10.4 Å². The first-order valence-corrected chi connectivity index (χ1v) is 6.85. The van der Waals surface area contributed by atoms with Gasteiger partial charge in [0.2, 0.25) is 0 Å². The minimum Gasteiger partial charge on any atom is -0.396 e. The predicted octanol–water partition coefficient (Wildman–Crippen LogP) is 2.82. The van der Waals surface area contributed by atoms with Gasteiger partial charge in [-0.05, 0) is 49.3 Å². The minimum absolute atomic E-state index is 0.143. The number of nitrogens with one attached hydrogen (secondary N) is 1. The molecule has 1 fully saturated rings. The summed E-state index contributed by atoms with van der Waals surface area (Å²) >= 11 is 0. The highest BCUT2D eigenvalue weighted by atomic mass is 19.1. The van der Waals surface area contributed by atoms with Crippen LogP contribution in [0.2, 0.25) is 0 Å². The summed E-state index contributed by atoms with van der Waals surface area (Å²) in [4.78, 5) is 0. The van der Waals surface area contributed by atoms with Gasteiger partial charge in [0.25, 0.3) is 0 Å². The fraction of sp³-hybridized carbons (Fsp3) is 0.600. The van der Waals surface area contributed by atoms with E-state index in [0.717, 1.165) is 31.2 Å². The second kappa shape index (κ2) is 6.30. The molecular weight excluding hydrogens is 229 g/mol. The summed E-state index contributed by atoms with van der Waals surface area (Å²) in [5, 5.41) is 12.5. The lowest BCUT2D eigenvalue weighted by Gasteiger charge is -2.38. The van der Waals surface area contributed by atoms with Gasteiger partial charge in [-0.25, -0.2) is 4.39 Å². The fourth-order valence-electron chi connectivity index (χ4n) is 2.68. The van der Waals surface area contributed by atoms with Crippen LogP contribution in [0.4, 0.5) is 4.39 Å². The Hall–Kier alpha value is -0.930. The van der Waals surface area contributed by atoms with Crippen molar-refractivity contribution >= 4 is 0 Å². The van der Waals surface area contributed by atoms with Gasteiger partial charge >= 0.3 is 0 Å². The highest BCUT2D eigenvalue weighted by Crippen LogP contribution is 2.37. The minimum atomic E-state index is -0.143. The van der Waals surface area contributed by atoms with Gasteiger partial charge in [-0.15, -0.1) is 0 Å². The number of benzene rings is 1. The highest BCUT2D eigenvalue weighted by molar-refractivity contribution is 5.23. The lowest BCUT2D eigenvalue weighted by molar-refractivity contribution is 0.220. The quantitative estimate of drug-likeness (QED) is 0.815. The Kier molecular flexibility index (Phi) is 4.72. The van der Waals surface area contributed by atoms with Gasteiger partial charge in [0.15, 0.2) is 0 Å². The third-order valence-corrected chi connectivity index (χ3v) is 3.90. The van der Waals surface area contributed by atoms with Crippen molar-refractivity contribution in [3.63, 3.8) is 0 Å². The Balaban J connectivity index is 1.80. The topological polar surface area (TPSA) is 32.3 Å². The monoisotopic (exact) mass is 251 g/mol. The second-order valence-electron chi connectivity index (χ2n) is 5.20. The van der Waals surface area contributed by atoms with Crippen LogP contribution in [0.15, 0.2) is 24.3 Å². The van der Waals surface area contributed by atoms with Gasteiger partial charge in [-0.3, -0.25) is 0 Å². The van der Waals surface area contributed by atoms with Crippen LogP contribution in [-0.4, -0.2) is 23.8 Å². The van der Waals surface area contributed by atoms with Crippen LogP contribution in [-0.2, 0) is 0 Å². The smallest absolute Gasteiger partial charge is 0.123 e. The molecule has 100 valence electrons. The molecule has 2 nitrogen and oxygen atoms in total.